The van der Waals surface area contributed by atoms with Crippen molar-refractivity contribution in [3.8, 4) is 0 Å². The Bertz CT molecular complexity index is 660. The first-order valence-electron chi connectivity index (χ1n) is 8.77. The van der Waals surface area contributed by atoms with Crippen molar-refractivity contribution in [3.63, 3.8) is 0 Å². The fraction of sp³-hybridized carbons (Fsp3) is 0.474. The number of likely N-dealkylation sites (tertiary alicyclic amines) is 1. The molecular formula is C19H26N2O6. The molecule has 3 atom stereocenters. The summed E-state index contributed by atoms with van der Waals surface area (Å²) in [6, 6.07) is 9.47. The molecule has 2 rings (SSSR count). The minimum absolute atomic E-state index is 0.359. The molecule has 8 nitrogen and oxygen atoms in total. The molecule has 0 spiro atoms. The molecule has 1 aliphatic heterocycles. The number of oxime groups is 1. The number of quaternary nitrogens is 1. The summed E-state index contributed by atoms with van der Waals surface area (Å²) in [7, 11) is 2.19. The quantitative estimate of drug-likeness (QED) is 0.538. The summed E-state index contributed by atoms with van der Waals surface area (Å²) < 4.78 is 0. The Hall–Kier alpha value is -2.74. The zero-order chi connectivity index (χ0) is 20.4. The van der Waals surface area contributed by atoms with Gasteiger partial charge in [0.2, 0.25) is 0 Å². The maximum Gasteiger partial charge on any atom is 0.365 e. The molecule has 1 aromatic carbocycles. The van der Waals surface area contributed by atoms with Crippen LogP contribution in [0.4, 0.5) is 0 Å². The van der Waals surface area contributed by atoms with E-state index in [2.05, 4.69) is 26.1 Å². The van der Waals surface area contributed by atoms with Gasteiger partial charge in [-0.25, -0.2) is 4.79 Å². The number of carboxylic acid groups (broad SMARTS) is 2. The highest BCUT2D eigenvalue weighted by Crippen LogP contribution is 2.09. The van der Waals surface area contributed by atoms with E-state index in [1.54, 1.807) is 12.1 Å². The average molecular weight is 378 g/mol. The van der Waals surface area contributed by atoms with Crippen molar-refractivity contribution in [2.45, 2.75) is 39.2 Å². The van der Waals surface area contributed by atoms with Crippen LogP contribution in [0, 0.1) is 5.92 Å². The molecular weight excluding hydrogens is 352 g/mol. The molecule has 1 aromatic rings. The van der Waals surface area contributed by atoms with E-state index in [0.717, 1.165) is 18.7 Å². The lowest BCUT2D eigenvalue weighted by Gasteiger charge is -2.31. The van der Waals surface area contributed by atoms with Gasteiger partial charge in [-0.3, -0.25) is 4.79 Å². The van der Waals surface area contributed by atoms with Crippen molar-refractivity contribution in [2.24, 2.45) is 11.1 Å². The van der Waals surface area contributed by atoms with Gasteiger partial charge in [0.1, 0.15) is 0 Å². The SMILES string of the molecule is CC1C[NH+](C)C(C)C/C1=N\OC(=O)c1ccccc1.O=C([O-])CCC(=O)O. The zero-order valence-electron chi connectivity index (χ0n) is 15.8. The van der Waals surface area contributed by atoms with E-state index in [1.807, 2.05) is 18.2 Å². The number of nitrogens with one attached hydrogen (secondary N) is 1. The van der Waals surface area contributed by atoms with Crippen molar-refractivity contribution in [1.82, 2.24) is 0 Å². The van der Waals surface area contributed by atoms with Crippen molar-refractivity contribution in [3.05, 3.63) is 35.9 Å². The van der Waals surface area contributed by atoms with Crippen LogP contribution in [-0.4, -0.2) is 48.4 Å². The highest BCUT2D eigenvalue weighted by atomic mass is 16.7. The minimum atomic E-state index is -1.33. The van der Waals surface area contributed by atoms with E-state index in [1.165, 1.54) is 4.90 Å². The smallest absolute Gasteiger partial charge is 0.365 e. The molecule has 2 N–H and O–H groups in total. The molecule has 0 aromatic heterocycles. The van der Waals surface area contributed by atoms with Crippen LogP contribution in [0.2, 0.25) is 0 Å². The summed E-state index contributed by atoms with van der Waals surface area (Å²) in [5, 5.41) is 21.5. The predicted molar refractivity (Wildman–Crippen MR) is 96.2 cm³/mol. The number of benzene rings is 1. The lowest BCUT2D eigenvalue weighted by molar-refractivity contribution is -0.908. The Balaban J connectivity index is 0.000000387. The number of rotatable bonds is 5. The Kier molecular flexibility index (Phi) is 9.15. The van der Waals surface area contributed by atoms with Gasteiger partial charge in [-0.1, -0.05) is 30.3 Å². The Labute approximate surface area is 158 Å². The summed E-state index contributed by atoms with van der Waals surface area (Å²) in [5.41, 5.74) is 1.52. The molecule has 27 heavy (non-hydrogen) atoms. The third-order valence-corrected chi connectivity index (χ3v) is 4.35. The largest absolute Gasteiger partial charge is 0.550 e. The zero-order valence-corrected chi connectivity index (χ0v) is 15.8. The van der Waals surface area contributed by atoms with Gasteiger partial charge in [0.05, 0.1) is 37.3 Å². The highest BCUT2D eigenvalue weighted by Gasteiger charge is 2.29. The number of hydrogen-bond acceptors (Lipinski definition) is 6. The first-order chi connectivity index (χ1) is 12.7. The molecule has 0 bridgehead atoms. The monoisotopic (exact) mass is 378 g/mol. The van der Waals surface area contributed by atoms with Crippen molar-refractivity contribution < 1.29 is 34.3 Å². The standard InChI is InChI=1S/C15H20N2O2.C4H6O4/c1-11-10-17(3)12(2)9-14(11)16-19-15(18)13-7-5-4-6-8-13;5-3(6)1-2-4(7)8/h4-8,11-12H,9-10H2,1-3H3;1-2H2,(H,5,6)(H,7,8)/b16-14+;. The van der Waals surface area contributed by atoms with E-state index >= 15 is 0 Å². The maximum atomic E-state index is 11.8. The normalized spacial score (nSPS) is 23.1. The van der Waals surface area contributed by atoms with E-state index in [4.69, 9.17) is 9.94 Å². The molecule has 8 heteroatoms. The molecule has 148 valence electrons. The predicted octanol–water partition coefficient (Wildman–Crippen LogP) is -0.256. The molecule has 0 aliphatic carbocycles. The minimum Gasteiger partial charge on any atom is -0.550 e. The molecule has 1 aliphatic rings. The van der Waals surface area contributed by atoms with E-state index in [-0.39, 0.29) is 12.4 Å². The molecule has 1 fully saturated rings. The molecule has 1 heterocycles. The van der Waals surface area contributed by atoms with Crippen LogP contribution >= 0.6 is 0 Å². The summed E-state index contributed by atoms with van der Waals surface area (Å²) in [4.78, 5) is 37.5. The van der Waals surface area contributed by atoms with Crippen LogP contribution < -0.4 is 10.0 Å². The highest BCUT2D eigenvalue weighted by molar-refractivity contribution is 5.91. The van der Waals surface area contributed by atoms with Crippen LogP contribution in [0.25, 0.3) is 0 Å². The van der Waals surface area contributed by atoms with E-state index in [9.17, 15) is 19.5 Å². The summed E-state index contributed by atoms with van der Waals surface area (Å²) in [6.45, 7) is 5.35. The van der Waals surface area contributed by atoms with E-state index in [0.29, 0.717) is 17.5 Å². The maximum absolute atomic E-state index is 11.8. The second-order valence-electron chi connectivity index (χ2n) is 6.65. The second kappa shape index (κ2) is 11.1. The first kappa shape index (κ1) is 22.3. The Morgan fingerprint density at radius 3 is 2.37 bits per heavy atom. The summed E-state index contributed by atoms with van der Waals surface area (Å²) in [5.74, 6) is -2.47. The van der Waals surface area contributed by atoms with Gasteiger partial charge in [-0.05, 0) is 25.5 Å². The summed E-state index contributed by atoms with van der Waals surface area (Å²) >= 11 is 0. The number of hydrogen-bond donors (Lipinski definition) is 2. The third-order valence-electron chi connectivity index (χ3n) is 4.35. The lowest BCUT2D eigenvalue weighted by atomic mass is 9.93. The van der Waals surface area contributed by atoms with Gasteiger partial charge in [-0.15, -0.1) is 0 Å². The number of carboxylic acids is 2. The van der Waals surface area contributed by atoms with Gasteiger partial charge in [-0.2, -0.15) is 0 Å². The molecule has 3 unspecified atom stereocenters. The van der Waals surface area contributed by atoms with Crippen LogP contribution in [0.5, 0.6) is 0 Å². The summed E-state index contributed by atoms with van der Waals surface area (Å²) in [6.07, 6.45) is 0.118. The van der Waals surface area contributed by atoms with Gasteiger partial charge in [0.15, 0.2) is 0 Å². The molecule has 0 amide bonds. The number of nitrogens with zero attached hydrogens (tertiary/aromatic N) is 1. The van der Waals surface area contributed by atoms with Gasteiger partial charge in [0, 0.05) is 18.3 Å². The Morgan fingerprint density at radius 2 is 1.85 bits per heavy atom. The molecule has 1 saturated heterocycles. The van der Waals surface area contributed by atoms with Crippen LogP contribution in [0.3, 0.4) is 0 Å². The van der Waals surface area contributed by atoms with Crippen molar-refractivity contribution in [1.29, 1.82) is 0 Å². The number of carbonyl (C=O) groups is 3. The van der Waals surface area contributed by atoms with Gasteiger partial charge < -0.3 is 24.7 Å². The first-order valence-corrected chi connectivity index (χ1v) is 8.77. The fourth-order valence-electron chi connectivity index (χ4n) is 2.55. The topological polar surface area (TPSA) is 121 Å². The van der Waals surface area contributed by atoms with E-state index < -0.39 is 18.4 Å². The van der Waals surface area contributed by atoms with Gasteiger partial charge >= 0.3 is 11.9 Å². The number of piperidine rings is 1. The number of aliphatic carboxylic acids is 2. The second-order valence-corrected chi connectivity index (χ2v) is 6.65. The molecule has 0 radical (unpaired) electrons. The average Bonchev–Trinajstić information content (AvgIpc) is 2.63. The fourth-order valence-corrected chi connectivity index (χ4v) is 2.55. The van der Waals surface area contributed by atoms with Crippen molar-refractivity contribution >= 4 is 23.6 Å². The van der Waals surface area contributed by atoms with Crippen LogP contribution in [0.1, 0.15) is 43.5 Å². The Morgan fingerprint density at radius 1 is 1.22 bits per heavy atom. The van der Waals surface area contributed by atoms with Crippen LogP contribution in [-0.2, 0) is 14.4 Å². The number of carbonyl (C=O) groups excluding carboxylic acids is 2. The molecule has 0 saturated carbocycles. The lowest BCUT2D eigenvalue weighted by Crippen LogP contribution is -3.14. The van der Waals surface area contributed by atoms with Crippen molar-refractivity contribution in [2.75, 3.05) is 13.6 Å². The third kappa shape index (κ3) is 8.46. The van der Waals surface area contributed by atoms with Gasteiger partial charge in [0.25, 0.3) is 0 Å². The van der Waals surface area contributed by atoms with Crippen LogP contribution in [0.15, 0.2) is 35.5 Å².